The Kier molecular flexibility index (Phi) is 5.46. The Morgan fingerprint density at radius 3 is 2.86 bits per heavy atom. The highest BCUT2D eigenvalue weighted by Crippen LogP contribution is 2.25. The highest BCUT2D eigenvalue weighted by Gasteiger charge is 2.22. The monoisotopic (exact) mass is 394 g/mol. The number of hydrogen-bond donors (Lipinski definition) is 3. The number of fused-ring (bicyclic) bond motifs is 1. The van der Waals surface area contributed by atoms with Gasteiger partial charge in [0.25, 0.3) is 0 Å². The van der Waals surface area contributed by atoms with Crippen molar-refractivity contribution in [2.75, 3.05) is 17.3 Å². The minimum atomic E-state index is -0.0826. The zero-order chi connectivity index (χ0) is 20.2. The van der Waals surface area contributed by atoms with E-state index in [0.717, 1.165) is 54.8 Å². The summed E-state index contributed by atoms with van der Waals surface area (Å²) in [6.07, 6.45) is 12.7. The molecule has 9 nitrogen and oxygen atoms in total. The highest BCUT2D eigenvalue weighted by molar-refractivity contribution is 5.89. The van der Waals surface area contributed by atoms with Crippen molar-refractivity contribution in [2.45, 2.75) is 31.7 Å². The van der Waals surface area contributed by atoms with Crippen LogP contribution >= 0.6 is 0 Å². The number of nitrogens with zero attached hydrogens (tertiary/aromatic N) is 5. The zero-order valence-electron chi connectivity index (χ0n) is 16.5. The molecule has 9 heteroatoms. The maximum absolute atomic E-state index is 11.4. The molecule has 0 bridgehead atoms. The quantitative estimate of drug-likeness (QED) is 0.532. The Morgan fingerprint density at radius 1 is 1.31 bits per heavy atom. The maximum atomic E-state index is 11.4. The first kappa shape index (κ1) is 19.0. The molecule has 1 fully saturated rings. The van der Waals surface area contributed by atoms with Crippen LogP contribution in [0, 0.1) is 5.92 Å². The minimum Gasteiger partial charge on any atom is -0.350 e. The van der Waals surface area contributed by atoms with Gasteiger partial charge in [0.15, 0.2) is 5.65 Å². The van der Waals surface area contributed by atoms with E-state index in [1.54, 1.807) is 17.2 Å². The zero-order valence-corrected chi connectivity index (χ0v) is 16.5. The molecule has 0 spiro atoms. The Morgan fingerprint density at radius 2 is 2.14 bits per heavy atom. The van der Waals surface area contributed by atoms with E-state index < -0.39 is 0 Å². The number of rotatable bonds is 7. The third-order valence-corrected chi connectivity index (χ3v) is 5.38. The molecule has 3 aromatic heterocycles. The van der Waals surface area contributed by atoms with Gasteiger partial charge in [-0.05, 0) is 43.7 Å². The SMILES string of the molecule is C=CC(=O)NC1CCC(CNn2ccc3c(Nc4cnn(C)c4)ncnc32)CC1. The van der Waals surface area contributed by atoms with Gasteiger partial charge in [0.1, 0.15) is 12.1 Å². The van der Waals surface area contributed by atoms with Crippen molar-refractivity contribution in [2.24, 2.45) is 13.0 Å². The van der Waals surface area contributed by atoms with Crippen LogP contribution in [0.25, 0.3) is 11.0 Å². The van der Waals surface area contributed by atoms with Crippen molar-refractivity contribution in [1.29, 1.82) is 0 Å². The number of carbonyl (C=O) groups excluding carboxylic acids is 1. The summed E-state index contributed by atoms with van der Waals surface area (Å²) in [4.78, 5) is 20.3. The molecular formula is C20H26N8O. The van der Waals surface area contributed by atoms with Gasteiger partial charge in [0, 0.05) is 32.0 Å². The smallest absolute Gasteiger partial charge is 0.243 e. The standard InChI is InChI=1S/C20H26N8O/c1-3-18(29)25-15-6-4-14(5-7-15)10-24-28-9-8-17-19(21-13-22-20(17)28)26-16-11-23-27(2)12-16/h3,8-9,11-15,24H,1,4-7,10H2,2H3,(H,25,29)(H,21,22,26). The number of anilines is 2. The van der Waals surface area contributed by atoms with Crippen LogP contribution in [0.1, 0.15) is 25.7 Å². The van der Waals surface area contributed by atoms with Crippen LogP contribution in [0.3, 0.4) is 0 Å². The summed E-state index contributed by atoms with van der Waals surface area (Å²) in [5.74, 6) is 1.24. The van der Waals surface area contributed by atoms with E-state index in [4.69, 9.17) is 0 Å². The fourth-order valence-electron chi connectivity index (χ4n) is 3.80. The lowest BCUT2D eigenvalue weighted by molar-refractivity contribution is -0.117. The van der Waals surface area contributed by atoms with Gasteiger partial charge in [-0.1, -0.05) is 6.58 Å². The van der Waals surface area contributed by atoms with Gasteiger partial charge < -0.3 is 16.1 Å². The van der Waals surface area contributed by atoms with Crippen LogP contribution in [-0.2, 0) is 11.8 Å². The van der Waals surface area contributed by atoms with Gasteiger partial charge >= 0.3 is 0 Å². The normalized spacial score (nSPS) is 19.1. The molecule has 1 saturated carbocycles. The summed E-state index contributed by atoms with van der Waals surface area (Å²) < 4.78 is 3.70. The number of aryl methyl sites for hydroxylation is 1. The predicted octanol–water partition coefficient (Wildman–Crippen LogP) is 2.31. The second-order valence-corrected chi connectivity index (χ2v) is 7.47. The first-order valence-electron chi connectivity index (χ1n) is 9.87. The molecule has 0 atom stereocenters. The lowest BCUT2D eigenvalue weighted by atomic mass is 9.86. The summed E-state index contributed by atoms with van der Waals surface area (Å²) in [5.41, 5.74) is 5.19. The molecule has 29 heavy (non-hydrogen) atoms. The number of amides is 1. The van der Waals surface area contributed by atoms with Crippen LogP contribution < -0.4 is 16.1 Å². The molecule has 1 amide bonds. The third-order valence-electron chi connectivity index (χ3n) is 5.38. The molecular weight excluding hydrogens is 368 g/mol. The van der Waals surface area contributed by atoms with Crippen molar-refractivity contribution >= 4 is 28.4 Å². The average Bonchev–Trinajstić information content (AvgIpc) is 3.34. The first-order valence-corrected chi connectivity index (χ1v) is 9.87. The molecule has 1 aliphatic carbocycles. The lowest BCUT2D eigenvalue weighted by Gasteiger charge is -2.29. The largest absolute Gasteiger partial charge is 0.350 e. The molecule has 3 aromatic rings. The highest BCUT2D eigenvalue weighted by atomic mass is 16.1. The first-order chi connectivity index (χ1) is 14.1. The van der Waals surface area contributed by atoms with E-state index in [0.29, 0.717) is 5.92 Å². The van der Waals surface area contributed by atoms with Crippen molar-refractivity contribution < 1.29 is 4.79 Å². The van der Waals surface area contributed by atoms with Crippen LogP contribution in [0.2, 0.25) is 0 Å². The second-order valence-electron chi connectivity index (χ2n) is 7.47. The van der Waals surface area contributed by atoms with E-state index in [1.165, 1.54) is 6.08 Å². The molecule has 1 aliphatic rings. The fourth-order valence-corrected chi connectivity index (χ4v) is 3.80. The predicted molar refractivity (Wildman–Crippen MR) is 112 cm³/mol. The van der Waals surface area contributed by atoms with Gasteiger partial charge in [-0.15, -0.1) is 0 Å². The maximum Gasteiger partial charge on any atom is 0.243 e. The Balaban J connectivity index is 1.36. The molecule has 152 valence electrons. The third kappa shape index (κ3) is 4.39. The van der Waals surface area contributed by atoms with Crippen molar-refractivity contribution in [1.82, 2.24) is 29.7 Å². The Bertz CT molecular complexity index is 999. The summed E-state index contributed by atoms with van der Waals surface area (Å²) in [5, 5.41) is 11.4. The molecule has 0 aliphatic heterocycles. The number of carbonyl (C=O) groups is 1. The van der Waals surface area contributed by atoms with Gasteiger partial charge in [-0.3, -0.25) is 9.48 Å². The molecule has 0 unspecified atom stereocenters. The minimum absolute atomic E-state index is 0.0826. The summed E-state index contributed by atoms with van der Waals surface area (Å²) in [7, 11) is 1.88. The van der Waals surface area contributed by atoms with E-state index in [2.05, 4.69) is 37.7 Å². The lowest BCUT2D eigenvalue weighted by Crippen LogP contribution is -2.38. The summed E-state index contributed by atoms with van der Waals surface area (Å²) in [6.45, 7) is 4.37. The molecule has 0 radical (unpaired) electrons. The summed E-state index contributed by atoms with van der Waals surface area (Å²) >= 11 is 0. The van der Waals surface area contributed by atoms with Crippen LogP contribution in [0.15, 0.2) is 43.6 Å². The van der Waals surface area contributed by atoms with E-state index >= 15 is 0 Å². The van der Waals surface area contributed by atoms with E-state index in [1.807, 2.05) is 30.2 Å². The second kappa shape index (κ2) is 8.34. The summed E-state index contributed by atoms with van der Waals surface area (Å²) in [6, 6.07) is 2.26. The number of hydrogen-bond acceptors (Lipinski definition) is 6. The number of aromatic nitrogens is 5. The molecule has 3 N–H and O–H groups in total. The van der Waals surface area contributed by atoms with Gasteiger partial charge in [-0.2, -0.15) is 5.10 Å². The van der Waals surface area contributed by atoms with E-state index in [-0.39, 0.29) is 11.9 Å². The molecule has 3 heterocycles. The van der Waals surface area contributed by atoms with Crippen LogP contribution in [0.4, 0.5) is 11.5 Å². The molecule has 0 saturated heterocycles. The van der Waals surface area contributed by atoms with Gasteiger partial charge in [-0.25, -0.2) is 14.6 Å². The number of nitrogens with one attached hydrogen (secondary N) is 3. The van der Waals surface area contributed by atoms with Gasteiger partial charge in [0.2, 0.25) is 5.91 Å². The fraction of sp³-hybridized carbons (Fsp3) is 0.400. The topological polar surface area (TPSA) is 102 Å². The molecule has 4 rings (SSSR count). The average molecular weight is 394 g/mol. The van der Waals surface area contributed by atoms with Crippen molar-refractivity contribution in [3.63, 3.8) is 0 Å². The Hall–Kier alpha value is -3.36. The Labute approximate surface area is 169 Å². The van der Waals surface area contributed by atoms with E-state index in [9.17, 15) is 4.79 Å². The van der Waals surface area contributed by atoms with Crippen molar-refractivity contribution in [3.05, 3.63) is 43.6 Å². The van der Waals surface area contributed by atoms with Crippen LogP contribution in [-0.4, -0.2) is 42.9 Å². The van der Waals surface area contributed by atoms with Gasteiger partial charge in [0.05, 0.1) is 17.3 Å². The van der Waals surface area contributed by atoms with Crippen LogP contribution in [0.5, 0.6) is 0 Å². The van der Waals surface area contributed by atoms with Crippen molar-refractivity contribution in [3.8, 4) is 0 Å². The molecule has 0 aromatic carbocycles.